The van der Waals surface area contributed by atoms with Crippen molar-refractivity contribution in [3.8, 4) is 0 Å². The van der Waals surface area contributed by atoms with Crippen LogP contribution in [0.4, 0.5) is 11.4 Å². The van der Waals surface area contributed by atoms with Crippen LogP contribution in [-0.2, 0) is 4.79 Å². The van der Waals surface area contributed by atoms with Crippen LogP contribution in [0.2, 0.25) is 5.02 Å². The van der Waals surface area contributed by atoms with E-state index in [2.05, 4.69) is 34.6 Å². The first-order valence-corrected chi connectivity index (χ1v) is 10.2. The number of hydrogen-bond acceptors (Lipinski definition) is 4. The van der Waals surface area contributed by atoms with Gasteiger partial charge in [0.25, 0.3) is 0 Å². The summed E-state index contributed by atoms with van der Waals surface area (Å²) in [5, 5.41) is 19.6. The first-order chi connectivity index (χ1) is 14.6. The molecular formula is C24H22ClN3O2. The van der Waals surface area contributed by atoms with E-state index in [-0.39, 0.29) is 12.5 Å². The molecule has 1 atom stereocenters. The molecule has 0 fully saturated rings. The van der Waals surface area contributed by atoms with Crippen LogP contribution in [0, 0.1) is 0 Å². The predicted octanol–water partition coefficient (Wildman–Crippen LogP) is 5.58. The Labute approximate surface area is 180 Å². The molecule has 1 heterocycles. The van der Waals surface area contributed by atoms with Crippen molar-refractivity contribution in [2.75, 3.05) is 16.9 Å². The number of rotatable bonds is 7. The van der Waals surface area contributed by atoms with Gasteiger partial charge >= 0.3 is 5.97 Å². The minimum atomic E-state index is -0.811. The van der Waals surface area contributed by atoms with E-state index in [0.717, 1.165) is 39.7 Å². The Morgan fingerprint density at radius 3 is 2.40 bits per heavy atom. The summed E-state index contributed by atoms with van der Waals surface area (Å²) >= 11 is 6.08. The van der Waals surface area contributed by atoms with Gasteiger partial charge in [0.1, 0.15) is 0 Å². The summed E-state index contributed by atoms with van der Waals surface area (Å²) in [4.78, 5) is 10.7. The number of carbonyl (C=O) groups is 1. The van der Waals surface area contributed by atoms with Crippen LogP contribution in [0.5, 0.6) is 0 Å². The van der Waals surface area contributed by atoms with Crippen LogP contribution in [0.25, 0.3) is 0 Å². The molecule has 0 aliphatic carbocycles. The molecule has 0 saturated heterocycles. The predicted molar refractivity (Wildman–Crippen MR) is 121 cm³/mol. The number of nitrogens with zero attached hydrogens (tertiary/aromatic N) is 2. The smallest absolute Gasteiger partial charge is 0.305 e. The molecule has 6 heteroatoms. The molecule has 5 nitrogen and oxygen atoms in total. The maximum Gasteiger partial charge on any atom is 0.305 e. The summed E-state index contributed by atoms with van der Waals surface area (Å²) in [6.07, 6.45) is 0.867. The molecule has 3 aromatic carbocycles. The molecule has 0 bridgehead atoms. The monoisotopic (exact) mass is 419 g/mol. The zero-order valence-corrected chi connectivity index (χ0v) is 17.1. The van der Waals surface area contributed by atoms with Gasteiger partial charge in [0, 0.05) is 23.7 Å². The Balaban J connectivity index is 1.57. The van der Waals surface area contributed by atoms with Crippen molar-refractivity contribution in [1.82, 2.24) is 0 Å². The molecule has 1 aliphatic rings. The van der Waals surface area contributed by atoms with Crippen molar-refractivity contribution in [3.63, 3.8) is 0 Å². The maximum absolute atomic E-state index is 10.7. The highest BCUT2D eigenvalue weighted by atomic mass is 35.5. The standard InChI is InChI=1S/C24H22ClN3O2/c25-19-10-6-18(7-11-19)23-16-22(27-28(23)21-4-2-1-3-5-21)17-8-12-20(13-9-17)26-15-14-24(29)30/h1-13,23,26H,14-16H2,(H,29,30). The molecule has 0 radical (unpaired) electrons. The number of benzene rings is 3. The lowest BCUT2D eigenvalue weighted by Crippen LogP contribution is -2.18. The molecule has 152 valence electrons. The van der Waals surface area contributed by atoms with E-state index in [1.807, 2.05) is 54.6 Å². The third kappa shape index (κ3) is 4.63. The van der Waals surface area contributed by atoms with Crippen LogP contribution in [0.3, 0.4) is 0 Å². The van der Waals surface area contributed by atoms with Crippen LogP contribution < -0.4 is 10.3 Å². The fourth-order valence-electron chi connectivity index (χ4n) is 3.54. The van der Waals surface area contributed by atoms with E-state index in [9.17, 15) is 4.79 Å². The van der Waals surface area contributed by atoms with Gasteiger partial charge in [-0.1, -0.05) is 54.1 Å². The number of para-hydroxylation sites is 1. The quantitative estimate of drug-likeness (QED) is 0.524. The molecule has 0 aromatic heterocycles. The molecule has 3 aromatic rings. The summed E-state index contributed by atoms with van der Waals surface area (Å²) < 4.78 is 0. The number of carboxylic acid groups (broad SMARTS) is 1. The SMILES string of the molecule is O=C(O)CCNc1ccc(C2=NN(c3ccccc3)C(c3ccc(Cl)cc3)C2)cc1. The second-order valence-electron chi connectivity index (χ2n) is 7.15. The van der Waals surface area contributed by atoms with E-state index in [0.29, 0.717) is 6.54 Å². The molecule has 30 heavy (non-hydrogen) atoms. The van der Waals surface area contributed by atoms with E-state index in [4.69, 9.17) is 21.8 Å². The van der Waals surface area contributed by atoms with Gasteiger partial charge in [-0.25, -0.2) is 0 Å². The van der Waals surface area contributed by atoms with Crippen LogP contribution in [-0.4, -0.2) is 23.3 Å². The number of carboxylic acids is 1. The maximum atomic E-state index is 10.7. The summed E-state index contributed by atoms with van der Waals surface area (Å²) in [5.74, 6) is -0.811. The number of hydrogen-bond donors (Lipinski definition) is 2. The van der Waals surface area contributed by atoms with E-state index in [1.165, 1.54) is 0 Å². The van der Waals surface area contributed by atoms with Crippen molar-refractivity contribution in [2.24, 2.45) is 5.10 Å². The number of hydrazone groups is 1. The van der Waals surface area contributed by atoms with Crippen molar-refractivity contribution in [1.29, 1.82) is 0 Å². The third-order valence-corrected chi connectivity index (χ3v) is 5.32. The Kier molecular flexibility index (Phi) is 6.00. The highest BCUT2D eigenvalue weighted by Gasteiger charge is 2.29. The van der Waals surface area contributed by atoms with Gasteiger partial charge in [0.2, 0.25) is 0 Å². The summed E-state index contributed by atoms with van der Waals surface area (Å²) in [6, 6.07) is 26.1. The van der Waals surface area contributed by atoms with Gasteiger partial charge in [0.05, 0.1) is 23.9 Å². The molecule has 0 amide bonds. The Morgan fingerprint density at radius 1 is 1.03 bits per heavy atom. The van der Waals surface area contributed by atoms with Gasteiger partial charge in [-0.3, -0.25) is 9.80 Å². The fraction of sp³-hybridized carbons (Fsp3) is 0.167. The van der Waals surface area contributed by atoms with Gasteiger partial charge in [-0.2, -0.15) is 5.10 Å². The lowest BCUT2D eigenvalue weighted by atomic mass is 9.98. The molecule has 0 spiro atoms. The minimum absolute atomic E-state index is 0.0866. The zero-order chi connectivity index (χ0) is 20.9. The fourth-order valence-corrected chi connectivity index (χ4v) is 3.67. The average Bonchev–Trinajstić information content (AvgIpc) is 3.21. The molecule has 4 rings (SSSR count). The van der Waals surface area contributed by atoms with Crippen molar-refractivity contribution < 1.29 is 9.90 Å². The van der Waals surface area contributed by atoms with Gasteiger partial charge in [0.15, 0.2) is 0 Å². The first-order valence-electron chi connectivity index (χ1n) is 9.83. The highest BCUT2D eigenvalue weighted by Crippen LogP contribution is 2.37. The lowest BCUT2D eigenvalue weighted by Gasteiger charge is -2.24. The average molecular weight is 420 g/mol. The van der Waals surface area contributed by atoms with Crippen molar-refractivity contribution >= 4 is 34.7 Å². The molecule has 0 saturated carbocycles. The second kappa shape index (κ2) is 9.01. The largest absolute Gasteiger partial charge is 0.481 e. The van der Waals surface area contributed by atoms with Crippen LogP contribution in [0.1, 0.15) is 30.0 Å². The van der Waals surface area contributed by atoms with E-state index >= 15 is 0 Å². The number of nitrogens with one attached hydrogen (secondary N) is 1. The molecule has 1 unspecified atom stereocenters. The Bertz CT molecular complexity index is 1030. The lowest BCUT2D eigenvalue weighted by molar-refractivity contribution is -0.136. The summed E-state index contributed by atoms with van der Waals surface area (Å²) in [7, 11) is 0. The Hall–Kier alpha value is -3.31. The first kappa shape index (κ1) is 20.0. The minimum Gasteiger partial charge on any atom is -0.481 e. The third-order valence-electron chi connectivity index (χ3n) is 5.07. The second-order valence-corrected chi connectivity index (χ2v) is 7.58. The van der Waals surface area contributed by atoms with Crippen molar-refractivity contribution in [2.45, 2.75) is 18.9 Å². The topological polar surface area (TPSA) is 64.9 Å². The number of halogens is 1. The van der Waals surface area contributed by atoms with E-state index in [1.54, 1.807) is 0 Å². The van der Waals surface area contributed by atoms with Crippen LogP contribution >= 0.6 is 11.6 Å². The van der Waals surface area contributed by atoms with E-state index < -0.39 is 5.97 Å². The zero-order valence-electron chi connectivity index (χ0n) is 16.3. The Morgan fingerprint density at radius 2 is 1.73 bits per heavy atom. The normalized spacial score (nSPS) is 15.7. The molecular weight excluding hydrogens is 398 g/mol. The van der Waals surface area contributed by atoms with Gasteiger partial charge < -0.3 is 10.4 Å². The van der Waals surface area contributed by atoms with Crippen LogP contribution in [0.15, 0.2) is 84.0 Å². The van der Waals surface area contributed by atoms with Gasteiger partial charge in [-0.15, -0.1) is 0 Å². The molecule has 2 N–H and O–H groups in total. The number of aliphatic carboxylic acids is 1. The number of anilines is 2. The summed E-state index contributed by atoms with van der Waals surface area (Å²) in [5.41, 5.74) is 5.16. The highest BCUT2D eigenvalue weighted by molar-refractivity contribution is 6.30. The van der Waals surface area contributed by atoms with Crippen molar-refractivity contribution in [3.05, 3.63) is 95.0 Å². The molecule has 1 aliphatic heterocycles. The van der Waals surface area contributed by atoms with Gasteiger partial charge in [-0.05, 0) is 47.5 Å². The summed E-state index contributed by atoms with van der Waals surface area (Å²) in [6.45, 7) is 0.399.